The van der Waals surface area contributed by atoms with Crippen molar-refractivity contribution in [2.45, 2.75) is 32.1 Å². The van der Waals surface area contributed by atoms with Gasteiger partial charge >= 0.3 is 0 Å². The molecule has 1 aliphatic rings. The SMILES string of the molecule is CCC1CCC1c1ccccc1Cl. The van der Waals surface area contributed by atoms with Crippen molar-refractivity contribution >= 4 is 11.6 Å². The fraction of sp³-hybridized carbons (Fsp3) is 0.500. The van der Waals surface area contributed by atoms with Crippen LogP contribution in [0.2, 0.25) is 5.02 Å². The van der Waals surface area contributed by atoms with Crippen LogP contribution in [0.15, 0.2) is 24.3 Å². The first kappa shape index (κ1) is 9.08. The summed E-state index contributed by atoms with van der Waals surface area (Å²) in [5.41, 5.74) is 1.36. The summed E-state index contributed by atoms with van der Waals surface area (Å²) in [6.07, 6.45) is 3.99. The van der Waals surface area contributed by atoms with Crippen molar-refractivity contribution in [1.29, 1.82) is 0 Å². The Kier molecular flexibility index (Phi) is 2.59. The number of rotatable bonds is 2. The largest absolute Gasteiger partial charge is 0.0840 e. The first-order valence-electron chi connectivity index (χ1n) is 5.07. The predicted octanol–water partition coefficient (Wildman–Crippen LogP) is 4.24. The van der Waals surface area contributed by atoms with Crippen LogP contribution in [0.4, 0.5) is 0 Å². The Balaban J connectivity index is 2.21. The molecule has 0 saturated heterocycles. The van der Waals surface area contributed by atoms with E-state index in [2.05, 4.69) is 19.1 Å². The maximum absolute atomic E-state index is 6.15. The third-order valence-electron chi connectivity index (χ3n) is 3.25. The van der Waals surface area contributed by atoms with E-state index in [0.29, 0.717) is 0 Å². The lowest BCUT2D eigenvalue weighted by Gasteiger charge is -2.36. The van der Waals surface area contributed by atoms with E-state index in [-0.39, 0.29) is 0 Å². The van der Waals surface area contributed by atoms with Crippen molar-refractivity contribution in [3.63, 3.8) is 0 Å². The minimum atomic E-state index is 0.735. The lowest BCUT2D eigenvalue weighted by molar-refractivity contribution is 0.247. The van der Waals surface area contributed by atoms with Crippen molar-refractivity contribution in [3.8, 4) is 0 Å². The molecule has 0 amide bonds. The predicted molar refractivity (Wildman–Crippen MR) is 57.2 cm³/mol. The summed E-state index contributed by atoms with van der Waals surface area (Å²) in [5, 5.41) is 0.950. The van der Waals surface area contributed by atoms with Gasteiger partial charge in [-0.3, -0.25) is 0 Å². The number of hydrogen-bond donors (Lipinski definition) is 0. The summed E-state index contributed by atoms with van der Waals surface area (Å²) in [4.78, 5) is 0. The van der Waals surface area contributed by atoms with Gasteiger partial charge in [0.05, 0.1) is 0 Å². The third kappa shape index (κ3) is 1.60. The van der Waals surface area contributed by atoms with Crippen LogP contribution >= 0.6 is 11.6 Å². The smallest absolute Gasteiger partial charge is 0.0440 e. The van der Waals surface area contributed by atoms with Gasteiger partial charge in [-0.25, -0.2) is 0 Å². The second-order valence-electron chi connectivity index (χ2n) is 3.87. The molecule has 2 unspecified atom stereocenters. The van der Waals surface area contributed by atoms with Crippen LogP contribution in [-0.2, 0) is 0 Å². The van der Waals surface area contributed by atoms with Crippen molar-refractivity contribution in [1.82, 2.24) is 0 Å². The maximum Gasteiger partial charge on any atom is 0.0440 e. The molecule has 1 aliphatic carbocycles. The maximum atomic E-state index is 6.15. The monoisotopic (exact) mass is 194 g/mol. The Bertz CT molecular complexity index is 291. The molecule has 2 atom stereocenters. The lowest BCUT2D eigenvalue weighted by atomic mass is 9.69. The van der Waals surface area contributed by atoms with Crippen LogP contribution < -0.4 is 0 Å². The van der Waals surface area contributed by atoms with Crippen LogP contribution in [0.25, 0.3) is 0 Å². The Morgan fingerprint density at radius 3 is 2.62 bits per heavy atom. The highest BCUT2D eigenvalue weighted by Gasteiger charge is 2.31. The van der Waals surface area contributed by atoms with Gasteiger partial charge < -0.3 is 0 Å². The highest BCUT2D eigenvalue weighted by Crippen LogP contribution is 2.46. The Hall–Kier alpha value is -0.490. The number of hydrogen-bond acceptors (Lipinski definition) is 0. The second kappa shape index (κ2) is 3.71. The van der Waals surface area contributed by atoms with E-state index in [1.54, 1.807) is 0 Å². The zero-order chi connectivity index (χ0) is 9.26. The zero-order valence-corrected chi connectivity index (χ0v) is 8.72. The molecule has 0 aromatic heterocycles. The van der Waals surface area contributed by atoms with Gasteiger partial charge in [0.2, 0.25) is 0 Å². The normalized spacial score (nSPS) is 26.9. The van der Waals surface area contributed by atoms with Gasteiger partial charge in [0.15, 0.2) is 0 Å². The summed E-state index contributed by atoms with van der Waals surface area (Å²) in [5.74, 6) is 1.61. The highest BCUT2D eigenvalue weighted by atomic mass is 35.5. The molecule has 0 aliphatic heterocycles. The average molecular weight is 195 g/mol. The molecule has 2 rings (SSSR count). The molecular formula is C12H15Cl. The van der Waals surface area contributed by atoms with E-state index in [0.717, 1.165) is 16.9 Å². The van der Waals surface area contributed by atoms with Crippen molar-refractivity contribution < 1.29 is 0 Å². The van der Waals surface area contributed by atoms with Crippen LogP contribution in [0, 0.1) is 5.92 Å². The van der Waals surface area contributed by atoms with E-state index >= 15 is 0 Å². The summed E-state index contributed by atoms with van der Waals surface area (Å²) in [6.45, 7) is 2.27. The molecule has 1 aromatic rings. The Labute approximate surface area is 84.9 Å². The molecule has 0 spiro atoms. The minimum Gasteiger partial charge on any atom is -0.0840 e. The van der Waals surface area contributed by atoms with E-state index in [1.165, 1.54) is 24.8 Å². The first-order chi connectivity index (χ1) is 6.33. The molecular weight excluding hydrogens is 180 g/mol. The molecule has 1 fully saturated rings. The lowest BCUT2D eigenvalue weighted by Crippen LogP contribution is -2.23. The van der Waals surface area contributed by atoms with Crippen molar-refractivity contribution in [2.24, 2.45) is 5.92 Å². The summed E-state index contributed by atoms with van der Waals surface area (Å²) in [7, 11) is 0. The molecule has 70 valence electrons. The average Bonchev–Trinajstić information content (AvgIpc) is 2.08. The van der Waals surface area contributed by atoms with Gasteiger partial charge in [-0.1, -0.05) is 43.1 Å². The quantitative estimate of drug-likeness (QED) is 0.661. The van der Waals surface area contributed by atoms with E-state index in [9.17, 15) is 0 Å². The molecule has 0 bridgehead atoms. The van der Waals surface area contributed by atoms with Gasteiger partial charge in [-0.2, -0.15) is 0 Å². The molecule has 1 saturated carbocycles. The molecule has 0 nitrogen and oxygen atoms in total. The Morgan fingerprint density at radius 1 is 1.31 bits per heavy atom. The molecule has 1 aromatic carbocycles. The van der Waals surface area contributed by atoms with Crippen molar-refractivity contribution in [3.05, 3.63) is 34.9 Å². The van der Waals surface area contributed by atoms with Crippen LogP contribution in [0.5, 0.6) is 0 Å². The number of halogens is 1. The topological polar surface area (TPSA) is 0 Å². The third-order valence-corrected chi connectivity index (χ3v) is 3.59. The van der Waals surface area contributed by atoms with Crippen LogP contribution in [0.1, 0.15) is 37.7 Å². The fourth-order valence-corrected chi connectivity index (χ4v) is 2.52. The Morgan fingerprint density at radius 2 is 2.08 bits per heavy atom. The first-order valence-corrected chi connectivity index (χ1v) is 5.45. The molecule has 0 N–H and O–H groups in total. The van der Waals surface area contributed by atoms with Gasteiger partial charge in [0.1, 0.15) is 0 Å². The highest BCUT2D eigenvalue weighted by molar-refractivity contribution is 6.31. The summed E-state index contributed by atoms with van der Waals surface area (Å²) < 4.78 is 0. The number of benzene rings is 1. The molecule has 0 radical (unpaired) electrons. The standard InChI is InChI=1S/C12H15Cl/c1-2-9-7-8-10(9)11-5-3-4-6-12(11)13/h3-6,9-10H,2,7-8H2,1H3. The van der Waals surface area contributed by atoms with E-state index in [4.69, 9.17) is 11.6 Å². The molecule has 1 heteroatoms. The van der Waals surface area contributed by atoms with Gasteiger partial charge in [-0.15, -0.1) is 0 Å². The zero-order valence-electron chi connectivity index (χ0n) is 7.96. The van der Waals surface area contributed by atoms with Gasteiger partial charge in [-0.05, 0) is 36.3 Å². The van der Waals surface area contributed by atoms with E-state index < -0.39 is 0 Å². The second-order valence-corrected chi connectivity index (χ2v) is 4.28. The van der Waals surface area contributed by atoms with Gasteiger partial charge in [0.25, 0.3) is 0 Å². The minimum absolute atomic E-state index is 0.735. The molecule has 0 heterocycles. The van der Waals surface area contributed by atoms with Crippen molar-refractivity contribution in [2.75, 3.05) is 0 Å². The van der Waals surface area contributed by atoms with E-state index in [1.807, 2.05) is 12.1 Å². The van der Waals surface area contributed by atoms with Crippen LogP contribution in [0.3, 0.4) is 0 Å². The molecule has 13 heavy (non-hydrogen) atoms. The summed E-state index contributed by atoms with van der Waals surface area (Å²) >= 11 is 6.15. The summed E-state index contributed by atoms with van der Waals surface area (Å²) in [6, 6.07) is 8.27. The van der Waals surface area contributed by atoms with Gasteiger partial charge in [0, 0.05) is 5.02 Å². The van der Waals surface area contributed by atoms with Crippen LogP contribution in [-0.4, -0.2) is 0 Å². The fourth-order valence-electron chi connectivity index (χ4n) is 2.24.